The number of hydrogen-bond donors (Lipinski definition) is 3. The second-order valence-electron chi connectivity index (χ2n) is 9.76. The van der Waals surface area contributed by atoms with Crippen LogP contribution in [0.2, 0.25) is 0 Å². The molecule has 2 amide bonds. The van der Waals surface area contributed by atoms with Crippen LogP contribution in [0, 0.1) is 0 Å². The van der Waals surface area contributed by atoms with E-state index in [9.17, 15) is 19.5 Å². The molecule has 0 bridgehead atoms. The molecule has 9 nitrogen and oxygen atoms in total. The average Bonchev–Trinajstić information content (AvgIpc) is 2.43. The van der Waals surface area contributed by atoms with Gasteiger partial charge in [0.2, 0.25) is 0 Å². The second-order valence-corrected chi connectivity index (χ2v) is 9.76. The Bertz CT molecular complexity index is 557. The van der Waals surface area contributed by atoms with E-state index in [1.165, 1.54) is 0 Å². The lowest BCUT2D eigenvalue weighted by Gasteiger charge is -2.27. The van der Waals surface area contributed by atoms with Crippen LogP contribution in [0.25, 0.3) is 0 Å². The third-order valence-electron chi connectivity index (χ3n) is 3.00. The van der Waals surface area contributed by atoms with E-state index in [2.05, 4.69) is 10.6 Å². The van der Waals surface area contributed by atoms with Gasteiger partial charge in [-0.25, -0.2) is 9.59 Å². The summed E-state index contributed by atoms with van der Waals surface area (Å²) >= 11 is 0. The third-order valence-corrected chi connectivity index (χ3v) is 3.00. The molecule has 170 valence electrons. The molecular formula is C20H38N2O7. The first kappa shape index (κ1) is 27.1. The average molecular weight is 419 g/mol. The molecule has 0 spiro atoms. The Labute approximate surface area is 173 Å². The molecule has 0 radical (unpaired) electrons. The zero-order valence-electron chi connectivity index (χ0n) is 19.2. The summed E-state index contributed by atoms with van der Waals surface area (Å²) in [7, 11) is 0. The van der Waals surface area contributed by atoms with Crippen LogP contribution in [0.5, 0.6) is 0 Å². The predicted octanol–water partition coefficient (Wildman–Crippen LogP) is 2.25. The summed E-state index contributed by atoms with van der Waals surface area (Å²) in [5.74, 6) is -1.25. The van der Waals surface area contributed by atoms with Crippen molar-refractivity contribution in [3.8, 4) is 0 Å². The number of hydrogen-bond acceptors (Lipinski definition) is 7. The first-order valence-corrected chi connectivity index (χ1v) is 9.73. The van der Waals surface area contributed by atoms with Crippen molar-refractivity contribution in [3.63, 3.8) is 0 Å². The first-order valence-electron chi connectivity index (χ1n) is 9.73. The largest absolute Gasteiger partial charge is 0.459 e. The number of nitrogens with one attached hydrogen (secondary N) is 2. The number of carbonyl (C=O) groups is 3. The molecule has 0 aliphatic heterocycles. The van der Waals surface area contributed by atoms with Gasteiger partial charge in [-0.3, -0.25) is 4.79 Å². The minimum Gasteiger partial charge on any atom is -0.459 e. The van der Waals surface area contributed by atoms with Gasteiger partial charge in [-0.05, 0) is 68.7 Å². The number of urea groups is 1. The monoisotopic (exact) mass is 418 g/mol. The highest BCUT2D eigenvalue weighted by molar-refractivity contribution is 5.85. The Hall–Kier alpha value is -1.87. The van der Waals surface area contributed by atoms with Crippen molar-refractivity contribution in [2.45, 2.75) is 104 Å². The van der Waals surface area contributed by atoms with E-state index >= 15 is 0 Å². The van der Waals surface area contributed by atoms with Crippen molar-refractivity contribution in [1.29, 1.82) is 0 Å². The molecule has 0 aromatic carbocycles. The van der Waals surface area contributed by atoms with Gasteiger partial charge in [0.1, 0.15) is 23.8 Å². The van der Waals surface area contributed by atoms with Gasteiger partial charge < -0.3 is 30.0 Å². The van der Waals surface area contributed by atoms with Crippen molar-refractivity contribution in [2.24, 2.45) is 0 Å². The van der Waals surface area contributed by atoms with Crippen molar-refractivity contribution in [2.75, 3.05) is 6.54 Å². The van der Waals surface area contributed by atoms with Crippen LogP contribution in [0.3, 0.4) is 0 Å². The molecule has 0 fully saturated rings. The summed E-state index contributed by atoms with van der Waals surface area (Å²) in [5, 5.41) is 14.8. The molecule has 0 saturated carbocycles. The molecule has 9 heteroatoms. The van der Waals surface area contributed by atoms with Gasteiger partial charge >= 0.3 is 18.0 Å². The van der Waals surface area contributed by atoms with Crippen LogP contribution >= 0.6 is 0 Å². The van der Waals surface area contributed by atoms with Gasteiger partial charge in [-0.2, -0.15) is 0 Å². The Balaban J connectivity index is 4.86. The summed E-state index contributed by atoms with van der Waals surface area (Å²) in [4.78, 5) is 36.3. The van der Waals surface area contributed by atoms with E-state index in [1.54, 1.807) is 62.3 Å². The summed E-state index contributed by atoms with van der Waals surface area (Å²) < 4.78 is 15.9. The van der Waals surface area contributed by atoms with Crippen LogP contribution in [0.15, 0.2) is 0 Å². The van der Waals surface area contributed by atoms with Gasteiger partial charge in [0.15, 0.2) is 6.29 Å². The maximum atomic E-state index is 12.4. The molecule has 0 rings (SSSR count). The van der Waals surface area contributed by atoms with E-state index < -0.39 is 47.1 Å². The standard InChI is InChI=1S/C20H38N2O7/c1-18(2,3)27-14(23)11-10-13(16(25)29-20(7,8)9)22-17(26)21-12-15(24)28-19(4,5)6/h13-14,23H,10-12H2,1-9H3,(H2,21,22,26)/t13-,14?/m0/s1. The fourth-order valence-electron chi connectivity index (χ4n) is 2.14. The highest BCUT2D eigenvalue weighted by atomic mass is 16.6. The number of amides is 2. The minimum absolute atomic E-state index is 0.0893. The normalized spacial score (nSPS) is 14.6. The molecular weight excluding hydrogens is 380 g/mol. The molecule has 29 heavy (non-hydrogen) atoms. The van der Waals surface area contributed by atoms with Gasteiger partial charge in [0.25, 0.3) is 0 Å². The minimum atomic E-state index is -1.11. The van der Waals surface area contributed by atoms with E-state index in [4.69, 9.17) is 14.2 Å². The van der Waals surface area contributed by atoms with Crippen LogP contribution in [-0.2, 0) is 23.8 Å². The smallest absolute Gasteiger partial charge is 0.329 e. The molecule has 0 saturated heterocycles. The van der Waals surface area contributed by atoms with Crippen LogP contribution in [0.1, 0.15) is 75.2 Å². The lowest BCUT2D eigenvalue weighted by molar-refractivity contribution is -0.171. The summed E-state index contributed by atoms with van der Waals surface area (Å²) in [5.41, 5.74) is -1.97. The number of aliphatic hydroxyl groups excluding tert-OH is 1. The first-order chi connectivity index (χ1) is 12.9. The van der Waals surface area contributed by atoms with E-state index in [0.29, 0.717) is 0 Å². The van der Waals surface area contributed by atoms with Crippen molar-refractivity contribution in [3.05, 3.63) is 0 Å². The zero-order valence-corrected chi connectivity index (χ0v) is 19.2. The number of carbonyl (C=O) groups excluding carboxylic acids is 3. The fraction of sp³-hybridized carbons (Fsp3) is 0.850. The van der Waals surface area contributed by atoms with E-state index in [-0.39, 0.29) is 19.4 Å². The number of esters is 2. The second kappa shape index (κ2) is 10.8. The molecule has 0 aromatic heterocycles. The number of aliphatic hydroxyl groups is 1. The third kappa shape index (κ3) is 15.7. The molecule has 1 unspecified atom stereocenters. The molecule has 0 aromatic rings. The van der Waals surface area contributed by atoms with Gasteiger partial charge in [0, 0.05) is 6.42 Å². The topological polar surface area (TPSA) is 123 Å². The van der Waals surface area contributed by atoms with Crippen LogP contribution in [0.4, 0.5) is 4.79 Å². The summed E-state index contributed by atoms with van der Waals surface area (Å²) in [6.45, 7) is 15.3. The Morgan fingerprint density at radius 1 is 0.828 bits per heavy atom. The highest BCUT2D eigenvalue weighted by Gasteiger charge is 2.28. The van der Waals surface area contributed by atoms with E-state index in [0.717, 1.165) is 0 Å². The Morgan fingerprint density at radius 2 is 1.34 bits per heavy atom. The summed E-state index contributed by atoms with van der Waals surface area (Å²) in [6, 6.07) is -1.75. The Morgan fingerprint density at radius 3 is 1.79 bits per heavy atom. The lowest BCUT2D eigenvalue weighted by atomic mass is 10.1. The van der Waals surface area contributed by atoms with Crippen molar-refractivity contribution in [1.82, 2.24) is 10.6 Å². The molecule has 0 aliphatic rings. The van der Waals surface area contributed by atoms with Gasteiger partial charge in [-0.1, -0.05) is 0 Å². The number of ether oxygens (including phenoxy) is 3. The van der Waals surface area contributed by atoms with Crippen molar-refractivity contribution >= 4 is 18.0 Å². The maximum absolute atomic E-state index is 12.4. The highest BCUT2D eigenvalue weighted by Crippen LogP contribution is 2.15. The van der Waals surface area contributed by atoms with Gasteiger partial charge in [-0.15, -0.1) is 0 Å². The molecule has 2 atom stereocenters. The van der Waals surface area contributed by atoms with Crippen LogP contribution in [-0.4, -0.2) is 58.8 Å². The molecule has 3 N–H and O–H groups in total. The van der Waals surface area contributed by atoms with E-state index in [1.807, 2.05) is 0 Å². The molecule has 0 aliphatic carbocycles. The molecule has 0 heterocycles. The Kier molecular flexibility index (Phi) is 10.1. The number of rotatable bonds is 8. The van der Waals surface area contributed by atoms with Crippen molar-refractivity contribution < 1.29 is 33.7 Å². The fourth-order valence-corrected chi connectivity index (χ4v) is 2.14. The van der Waals surface area contributed by atoms with Crippen LogP contribution < -0.4 is 10.6 Å². The van der Waals surface area contributed by atoms with Gasteiger partial charge in [0.05, 0.1) is 5.60 Å². The SMILES string of the molecule is CC(C)(C)OC(=O)CNC(=O)N[C@@H](CCC(O)OC(C)(C)C)C(=O)OC(C)(C)C. The summed E-state index contributed by atoms with van der Waals surface area (Å²) in [6.07, 6.45) is -0.911. The zero-order chi connectivity index (χ0) is 23.0. The quantitative estimate of drug-likeness (QED) is 0.408. The lowest BCUT2D eigenvalue weighted by Crippen LogP contribution is -2.49. The predicted molar refractivity (Wildman–Crippen MR) is 108 cm³/mol. The maximum Gasteiger partial charge on any atom is 0.329 e.